The highest BCUT2D eigenvalue weighted by molar-refractivity contribution is 6.42. The predicted molar refractivity (Wildman–Crippen MR) is 55.0 cm³/mol. The summed E-state index contributed by atoms with van der Waals surface area (Å²) in [6, 6.07) is 1.35. The van der Waals surface area contributed by atoms with Gasteiger partial charge >= 0.3 is 5.97 Å². The van der Waals surface area contributed by atoms with Crippen LogP contribution < -0.4 is 10.6 Å². The molecule has 0 atom stereocenters. The fraction of sp³-hybridized carbons (Fsp3) is 0.143. The first kappa shape index (κ1) is 12.3. The van der Waals surface area contributed by atoms with Crippen molar-refractivity contribution in [1.82, 2.24) is 4.98 Å². The molecule has 0 bridgehead atoms. The zero-order chi connectivity index (χ0) is 11.4. The van der Waals surface area contributed by atoms with Gasteiger partial charge in [-0.25, -0.2) is 4.79 Å². The summed E-state index contributed by atoms with van der Waals surface area (Å²) in [4.78, 5) is 18.2. The van der Waals surface area contributed by atoms with Gasteiger partial charge in [0.25, 0.3) is 0 Å². The number of carbonyl (C=O) groups excluding carboxylic acids is 1. The molecule has 0 radical (unpaired) electrons. The molecule has 15 heavy (non-hydrogen) atoms. The van der Waals surface area contributed by atoms with Gasteiger partial charge in [0.15, 0.2) is 11.8 Å². The maximum absolute atomic E-state index is 10.6. The molecule has 0 spiro atoms. The zero-order valence-corrected chi connectivity index (χ0v) is 9.44. The number of pyridine rings is 1. The SMILES string of the molecule is NOC(=O)COc1nc(Cl)c(Cl)cc1Cl. The molecule has 82 valence electrons. The van der Waals surface area contributed by atoms with Crippen LogP contribution in [0.15, 0.2) is 6.07 Å². The molecule has 0 aliphatic rings. The lowest BCUT2D eigenvalue weighted by atomic mass is 10.5. The van der Waals surface area contributed by atoms with E-state index in [1.165, 1.54) is 6.07 Å². The molecule has 2 N–H and O–H groups in total. The van der Waals surface area contributed by atoms with Gasteiger partial charge in [-0.15, -0.1) is 0 Å². The van der Waals surface area contributed by atoms with E-state index in [-0.39, 0.29) is 21.1 Å². The highest BCUT2D eigenvalue weighted by Crippen LogP contribution is 2.30. The first-order chi connectivity index (χ1) is 7.04. The molecule has 1 aromatic rings. The highest BCUT2D eigenvalue weighted by Gasteiger charge is 2.11. The second kappa shape index (κ2) is 5.37. The van der Waals surface area contributed by atoms with Crippen LogP contribution in [0.4, 0.5) is 0 Å². The molecule has 8 heteroatoms. The van der Waals surface area contributed by atoms with Crippen LogP contribution in [0.25, 0.3) is 0 Å². The van der Waals surface area contributed by atoms with Crippen molar-refractivity contribution >= 4 is 40.8 Å². The minimum atomic E-state index is -0.765. The second-order valence-corrected chi connectivity index (χ2v) is 3.50. The standard InChI is InChI=1S/C7H5Cl3N2O3/c8-3-1-4(9)7(12-6(3)10)14-2-5(13)15-11/h1H,2,11H2. The van der Waals surface area contributed by atoms with E-state index < -0.39 is 12.6 Å². The van der Waals surface area contributed by atoms with Crippen molar-refractivity contribution < 1.29 is 14.4 Å². The molecular weight excluding hydrogens is 266 g/mol. The monoisotopic (exact) mass is 270 g/mol. The highest BCUT2D eigenvalue weighted by atomic mass is 35.5. The summed E-state index contributed by atoms with van der Waals surface area (Å²) in [5.74, 6) is 3.82. The molecule has 0 saturated carbocycles. The van der Waals surface area contributed by atoms with E-state index in [0.29, 0.717) is 0 Å². The fourth-order valence-corrected chi connectivity index (χ4v) is 1.24. The Morgan fingerprint density at radius 3 is 2.67 bits per heavy atom. The molecule has 0 aliphatic heterocycles. The van der Waals surface area contributed by atoms with E-state index in [0.717, 1.165) is 0 Å². The summed E-state index contributed by atoms with van der Waals surface area (Å²) in [5, 5.41) is 0.349. The molecule has 1 heterocycles. The smallest absolute Gasteiger partial charge is 0.362 e. The quantitative estimate of drug-likeness (QED) is 0.670. The zero-order valence-electron chi connectivity index (χ0n) is 7.17. The van der Waals surface area contributed by atoms with Crippen LogP contribution in [0.2, 0.25) is 15.2 Å². The van der Waals surface area contributed by atoms with Gasteiger partial charge in [0.2, 0.25) is 5.88 Å². The van der Waals surface area contributed by atoms with Crippen LogP contribution >= 0.6 is 34.8 Å². The van der Waals surface area contributed by atoms with Crippen LogP contribution in [0, 0.1) is 0 Å². The van der Waals surface area contributed by atoms with Gasteiger partial charge in [0.05, 0.1) is 5.02 Å². The van der Waals surface area contributed by atoms with E-state index in [1.54, 1.807) is 0 Å². The Morgan fingerprint density at radius 2 is 2.07 bits per heavy atom. The lowest BCUT2D eigenvalue weighted by Crippen LogP contribution is -2.18. The number of nitrogens with two attached hydrogens (primary N) is 1. The lowest BCUT2D eigenvalue weighted by molar-refractivity contribution is -0.146. The fourth-order valence-electron chi connectivity index (χ4n) is 0.691. The molecule has 0 aliphatic carbocycles. The summed E-state index contributed by atoms with van der Waals surface area (Å²) >= 11 is 17.0. The lowest BCUT2D eigenvalue weighted by Gasteiger charge is -2.06. The van der Waals surface area contributed by atoms with E-state index in [2.05, 4.69) is 15.7 Å². The van der Waals surface area contributed by atoms with Crippen molar-refractivity contribution in [2.24, 2.45) is 5.90 Å². The third kappa shape index (κ3) is 3.39. The summed E-state index contributed by atoms with van der Waals surface area (Å²) in [6.07, 6.45) is 0. The second-order valence-electron chi connectivity index (χ2n) is 2.33. The first-order valence-corrected chi connectivity index (χ1v) is 4.72. The van der Waals surface area contributed by atoms with Gasteiger partial charge in [-0.3, -0.25) is 0 Å². The molecular formula is C7H5Cl3N2O3. The number of hydrogen-bond donors (Lipinski definition) is 1. The van der Waals surface area contributed by atoms with Crippen molar-refractivity contribution in [3.05, 3.63) is 21.3 Å². The minimum Gasteiger partial charge on any atom is -0.464 e. The molecule has 1 rings (SSSR count). The molecule has 0 amide bonds. The Bertz CT molecular complexity index is 386. The minimum absolute atomic E-state index is 0.0172. The van der Waals surface area contributed by atoms with Crippen molar-refractivity contribution in [1.29, 1.82) is 0 Å². The van der Waals surface area contributed by atoms with E-state index >= 15 is 0 Å². The van der Waals surface area contributed by atoms with Crippen LogP contribution in [-0.2, 0) is 9.63 Å². The molecule has 5 nitrogen and oxygen atoms in total. The van der Waals surface area contributed by atoms with Gasteiger partial charge in [0.1, 0.15) is 5.02 Å². The van der Waals surface area contributed by atoms with Crippen molar-refractivity contribution in [2.45, 2.75) is 0 Å². The Hall–Kier alpha value is -0.750. The van der Waals surface area contributed by atoms with E-state index in [1.807, 2.05) is 0 Å². The summed E-state index contributed by atoms with van der Waals surface area (Å²) in [7, 11) is 0. The first-order valence-electron chi connectivity index (χ1n) is 3.58. The van der Waals surface area contributed by atoms with Gasteiger partial charge in [-0.1, -0.05) is 34.8 Å². The van der Waals surface area contributed by atoms with Gasteiger partial charge in [-0.05, 0) is 6.07 Å². The molecule has 0 fully saturated rings. The molecule has 0 saturated heterocycles. The van der Waals surface area contributed by atoms with Crippen molar-refractivity contribution in [2.75, 3.05) is 6.61 Å². The topological polar surface area (TPSA) is 74.4 Å². The third-order valence-corrected chi connectivity index (χ3v) is 2.26. The third-order valence-electron chi connectivity index (χ3n) is 1.31. The van der Waals surface area contributed by atoms with Crippen molar-refractivity contribution in [3.8, 4) is 5.88 Å². The number of rotatable bonds is 3. The average molecular weight is 271 g/mol. The van der Waals surface area contributed by atoms with Crippen LogP contribution in [0.1, 0.15) is 0 Å². The van der Waals surface area contributed by atoms with Gasteiger partial charge in [-0.2, -0.15) is 10.9 Å². The number of hydrogen-bond acceptors (Lipinski definition) is 5. The number of aromatic nitrogens is 1. The number of carbonyl (C=O) groups is 1. The van der Waals surface area contributed by atoms with Crippen molar-refractivity contribution in [3.63, 3.8) is 0 Å². The Morgan fingerprint density at radius 1 is 1.40 bits per heavy atom. The predicted octanol–water partition coefficient (Wildman–Crippen LogP) is 1.84. The average Bonchev–Trinajstić information content (AvgIpc) is 2.21. The number of halogens is 3. The molecule has 0 aromatic carbocycles. The maximum atomic E-state index is 10.6. The largest absolute Gasteiger partial charge is 0.464 e. The molecule has 0 unspecified atom stereocenters. The van der Waals surface area contributed by atoms with Crippen LogP contribution in [0.3, 0.4) is 0 Å². The van der Waals surface area contributed by atoms with Crippen LogP contribution in [-0.4, -0.2) is 17.6 Å². The van der Waals surface area contributed by atoms with Gasteiger partial charge < -0.3 is 9.57 Å². The number of ether oxygens (including phenoxy) is 1. The Labute approximate surface area is 100.0 Å². The summed E-state index contributed by atoms with van der Waals surface area (Å²) in [6.45, 7) is -0.415. The van der Waals surface area contributed by atoms with Crippen LogP contribution in [0.5, 0.6) is 5.88 Å². The summed E-state index contributed by atoms with van der Waals surface area (Å²) < 4.78 is 4.88. The van der Waals surface area contributed by atoms with Gasteiger partial charge in [0, 0.05) is 0 Å². The number of nitrogens with zero attached hydrogens (tertiary/aromatic N) is 1. The summed E-state index contributed by atoms with van der Waals surface area (Å²) in [5.41, 5.74) is 0. The normalized spacial score (nSPS) is 9.87. The Kier molecular flexibility index (Phi) is 4.41. The van der Waals surface area contributed by atoms with E-state index in [9.17, 15) is 4.79 Å². The Balaban J connectivity index is 2.77. The maximum Gasteiger partial charge on any atom is 0.362 e. The van der Waals surface area contributed by atoms with E-state index in [4.69, 9.17) is 39.5 Å². The molecule has 1 aromatic heterocycles.